The third kappa shape index (κ3) is 10.8. The Labute approximate surface area is 149 Å². The van der Waals surface area contributed by atoms with Crippen LogP contribution in [0, 0.1) is 0 Å². The van der Waals surface area contributed by atoms with Crippen LogP contribution in [0.15, 0.2) is 0 Å². The maximum Gasteiger partial charge on any atom is 0.530 e. The van der Waals surface area contributed by atoms with Gasteiger partial charge in [-0.05, 0) is 54.2 Å². The highest BCUT2D eigenvalue weighted by atomic mass is 33.2. The van der Waals surface area contributed by atoms with Gasteiger partial charge >= 0.3 is 10.8 Å². The number of rotatable bonds is 9. The van der Waals surface area contributed by atoms with Crippen molar-refractivity contribution in [1.82, 2.24) is 0 Å². The summed E-state index contributed by atoms with van der Waals surface area (Å²) < 4.78 is 0. The smallest absolute Gasteiger partial charge is 0.192 e. The molecule has 0 aliphatic rings. The highest BCUT2D eigenvalue weighted by Crippen LogP contribution is 2.72. The molecule has 0 radical (unpaired) electrons. The zero-order valence-corrected chi connectivity index (χ0v) is 21.2. The first kappa shape index (κ1) is 22.5. The highest BCUT2D eigenvalue weighted by Gasteiger charge is 2.33. The van der Waals surface area contributed by atoms with E-state index in [1.807, 2.05) is 0 Å². The number of hydrogen-bond donors (Lipinski definition) is 0. The van der Waals surface area contributed by atoms with Gasteiger partial charge in [-0.2, -0.15) is 29.2 Å². The van der Waals surface area contributed by atoms with Crippen LogP contribution in [0.1, 0.15) is 20.8 Å². The third-order valence-electron chi connectivity index (χ3n) is 2.65. The van der Waals surface area contributed by atoms with Crippen molar-refractivity contribution in [1.29, 1.82) is 0 Å². The lowest BCUT2D eigenvalue weighted by Gasteiger charge is -2.26. The average Bonchev–Trinajstić information content (AvgIpc) is 2.27. The molecule has 0 fully saturated rings. The van der Waals surface area contributed by atoms with Crippen molar-refractivity contribution in [3.8, 4) is 0 Å². The van der Waals surface area contributed by atoms with Crippen LogP contribution in [-0.2, 0) is 35.4 Å². The summed E-state index contributed by atoms with van der Waals surface area (Å²) in [5, 5.41) is -3.63. The van der Waals surface area contributed by atoms with Gasteiger partial charge in [0, 0.05) is 0 Å². The fraction of sp³-hybridized carbons (Fsp3) is 1.00. The summed E-state index contributed by atoms with van der Waals surface area (Å²) in [6.45, 7) is 13.6. The van der Waals surface area contributed by atoms with Crippen LogP contribution in [0.5, 0.6) is 0 Å². The highest BCUT2D eigenvalue weighted by molar-refractivity contribution is 9.12. The van der Waals surface area contributed by atoms with E-state index in [-0.39, 0.29) is 0 Å². The summed E-state index contributed by atoms with van der Waals surface area (Å²) in [7, 11) is 5.36. The zero-order chi connectivity index (χ0) is 15.3. The molecule has 0 aliphatic carbocycles. The summed E-state index contributed by atoms with van der Waals surface area (Å²) >= 11 is 17.4. The SMILES string of the molecule is CCP(C)(=S)[S][Al]([S]P(C)(=S)CC)[S]P(C)(=S)CC. The summed E-state index contributed by atoms with van der Waals surface area (Å²) in [4.78, 5) is 0. The van der Waals surface area contributed by atoms with E-state index >= 15 is 0 Å². The van der Waals surface area contributed by atoms with Crippen LogP contribution in [0.25, 0.3) is 0 Å². The summed E-state index contributed by atoms with van der Waals surface area (Å²) in [5.74, 6) is 0. The molecule has 0 aromatic heterocycles. The van der Waals surface area contributed by atoms with E-state index in [1.54, 1.807) is 0 Å². The molecule has 0 amide bonds. The Morgan fingerprint density at radius 3 is 1.05 bits per heavy atom. The quantitative estimate of drug-likeness (QED) is 0.300. The predicted molar refractivity (Wildman–Crippen MR) is 121 cm³/mol. The molecule has 3 unspecified atom stereocenters. The average molecular weight is 445 g/mol. The molecule has 3 atom stereocenters. The Kier molecular flexibility index (Phi) is 11.5. The Morgan fingerprint density at radius 1 is 0.684 bits per heavy atom. The second-order valence-electron chi connectivity index (χ2n) is 4.60. The fourth-order valence-electron chi connectivity index (χ4n) is 0.828. The molecule has 0 saturated carbocycles. The van der Waals surface area contributed by atoms with Crippen LogP contribution in [0.4, 0.5) is 0 Å². The topological polar surface area (TPSA) is 0 Å². The van der Waals surface area contributed by atoms with Gasteiger partial charge in [0.25, 0.3) is 0 Å². The Hall–Kier alpha value is 3.53. The van der Waals surface area contributed by atoms with E-state index in [2.05, 4.69) is 70.0 Å². The van der Waals surface area contributed by atoms with E-state index in [0.717, 1.165) is 18.5 Å². The fourth-order valence-corrected chi connectivity index (χ4v) is 81.4. The molecule has 0 heterocycles. The van der Waals surface area contributed by atoms with Gasteiger partial charge in [-0.15, -0.1) is 0 Å². The van der Waals surface area contributed by atoms with Gasteiger partial charge in [0.1, 0.15) is 0 Å². The van der Waals surface area contributed by atoms with Crippen LogP contribution in [0.2, 0.25) is 0 Å². The molecular formula is C9H24AlP3S6. The maximum absolute atomic E-state index is 5.81. The molecule has 0 N–H and O–H groups in total. The normalized spacial score (nSPS) is 21.2. The van der Waals surface area contributed by atoms with Crippen molar-refractivity contribution in [3.05, 3.63) is 0 Å². The minimum absolute atomic E-state index is 1.08. The molecule has 114 valence electrons. The van der Waals surface area contributed by atoms with Crippen molar-refractivity contribution in [2.24, 2.45) is 0 Å². The molecule has 0 bridgehead atoms. The molecule has 0 nitrogen and oxygen atoms in total. The van der Waals surface area contributed by atoms with E-state index in [0.29, 0.717) is 0 Å². The monoisotopic (exact) mass is 444 g/mol. The van der Waals surface area contributed by atoms with Gasteiger partial charge in [0.2, 0.25) is 0 Å². The predicted octanol–water partition coefficient (Wildman–Crippen LogP) is 6.30. The van der Waals surface area contributed by atoms with Crippen LogP contribution in [-0.4, -0.2) is 49.2 Å². The Morgan fingerprint density at radius 2 is 0.895 bits per heavy atom. The van der Waals surface area contributed by atoms with Gasteiger partial charge in [-0.1, -0.05) is 56.2 Å². The molecule has 0 saturated heterocycles. The van der Waals surface area contributed by atoms with Crippen LogP contribution >= 0.6 is 45.0 Å². The lowest BCUT2D eigenvalue weighted by Crippen LogP contribution is -1.99. The van der Waals surface area contributed by atoms with Gasteiger partial charge in [-0.3, -0.25) is 0 Å². The molecule has 19 heavy (non-hydrogen) atoms. The van der Waals surface area contributed by atoms with Gasteiger partial charge in [0.05, 0.1) is 0 Å². The lowest BCUT2D eigenvalue weighted by molar-refractivity contribution is 1.51. The van der Waals surface area contributed by atoms with E-state index in [1.165, 1.54) is 0 Å². The molecule has 0 aromatic carbocycles. The van der Waals surface area contributed by atoms with E-state index in [9.17, 15) is 0 Å². The van der Waals surface area contributed by atoms with Crippen molar-refractivity contribution in [2.75, 3.05) is 38.5 Å². The summed E-state index contributed by atoms with van der Waals surface area (Å²) in [5.41, 5.74) is 0. The van der Waals surface area contributed by atoms with Gasteiger partial charge in [0.15, 0.2) is 0 Å². The van der Waals surface area contributed by atoms with Crippen LogP contribution in [0.3, 0.4) is 0 Å². The zero-order valence-electron chi connectivity index (χ0n) is 12.5. The lowest BCUT2D eigenvalue weighted by atomic mass is 11.0. The Balaban J connectivity index is 5.00. The first-order valence-corrected chi connectivity index (χ1v) is 25.2. The van der Waals surface area contributed by atoms with Gasteiger partial charge in [-0.25, -0.2) is 0 Å². The molecule has 0 rings (SSSR count). The molecule has 0 spiro atoms. The second kappa shape index (κ2) is 9.74. The van der Waals surface area contributed by atoms with Crippen molar-refractivity contribution in [3.63, 3.8) is 0 Å². The van der Waals surface area contributed by atoms with Crippen molar-refractivity contribution >= 4 is 91.1 Å². The first-order chi connectivity index (χ1) is 8.47. The van der Waals surface area contributed by atoms with Gasteiger partial charge < -0.3 is 0 Å². The first-order valence-electron chi connectivity index (χ1n) is 6.21. The molecule has 0 aliphatic heterocycles. The minimum atomic E-state index is -1.21. The maximum atomic E-state index is 5.81. The summed E-state index contributed by atoms with van der Waals surface area (Å²) in [6, 6.07) is 0. The van der Waals surface area contributed by atoms with Crippen molar-refractivity contribution < 1.29 is 0 Å². The molecule has 10 heteroatoms. The molecular weight excluding hydrogens is 420 g/mol. The summed E-state index contributed by atoms with van der Waals surface area (Å²) in [6.07, 6.45) is 3.44. The van der Waals surface area contributed by atoms with Crippen LogP contribution < -0.4 is 0 Å². The Bertz CT molecular complexity index is 364. The largest absolute Gasteiger partial charge is 0.530 e. The number of hydrogen-bond acceptors (Lipinski definition) is 6. The molecule has 0 aromatic rings. The standard InChI is InChI=1S/3C3H9PS2.Al/c3*1-3-4(2,5)6;/h3*3H2,1-2H3,(H,5,6);/q;;;+3/p-3. The van der Waals surface area contributed by atoms with Crippen molar-refractivity contribution in [2.45, 2.75) is 20.8 Å². The minimum Gasteiger partial charge on any atom is -0.192 e. The second-order valence-corrected chi connectivity index (χ2v) is 44.9. The van der Waals surface area contributed by atoms with E-state index < -0.39 is 26.5 Å². The van der Waals surface area contributed by atoms with E-state index in [4.69, 9.17) is 35.4 Å². The third-order valence-corrected chi connectivity index (χ3v) is 55.8.